The number of rotatable bonds is 6. The van der Waals surface area contributed by atoms with E-state index in [4.69, 9.17) is 16.2 Å². The number of primary amides is 1. The lowest BCUT2D eigenvalue weighted by Gasteiger charge is -2.33. The number of piperidine rings is 1. The molecule has 35 heavy (non-hydrogen) atoms. The highest BCUT2D eigenvalue weighted by Crippen LogP contribution is 2.34. The van der Waals surface area contributed by atoms with Gasteiger partial charge in [0, 0.05) is 30.3 Å². The smallest absolute Gasteiger partial charge is 0.254 e. The maximum absolute atomic E-state index is 13.9. The molecule has 0 aliphatic carbocycles. The minimum Gasteiger partial charge on any atom is -0.454 e. The summed E-state index contributed by atoms with van der Waals surface area (Å²) in [5.74, 6) is -2.11. The second-order valence-electron chi connectivity index (χ2n) is 8.45. The van der Waals surface area contributed by atoms with Gasteiger partial charge in [0.05, 0.1) is 6.04 Å². The number of likely N-dealkylation sites (tertiary alicyclic amines) is 1. The van der Waals surface area contributed by atoms with E-state index < -0.39 is 17.5 Å². The van der Waals surface area contributed by atoms with E-state index in [-0.39, 0.29) is 34.8 Å². The predicted molar refractivity (Wildman–Crippen MR) is 127 cm³/mol. The van der Waals surface area contributed by atoms with Crippen molar-refractivity contribution in [3.63, 3.8) is 0 Å². The Morgan fingerprint density at radius 3 is 2.51 bits per heavy atom. The monoisotopic (exact) mass is 481 g/mol. The van der Waals surface area contributed by atoms with Gasteiger partial charge in [-0.2, -0.15) is 5.10 Å². The average Bonchev–Trinajstić information content (AvgIpc) is 3.18. The summed E-state index contributed by atoms with van der Waals surface area (Å²) in [5.41, 5.74) is 13.3. The number of ether oxygens (including phenoxy) is 1. The van der Waals surface area contributed by atoms with E-state index >= 15 is 0 Å². The fraction of sp³-hybridized carbons (Fsp3) is 0.240. The minimum atomic E-state index is -0.830. The molecule has 1 aliphatic rings. The number of carbonyl (C=O) groups is 2. The first-order valence-electron chi connectivity index (χ1n) is 11.0. The Balaban J connectivity index is 1.62. The predicted octanol–water partition coefficient (Wildman–Crippen LogP) is 4.04. The van der Waals surface area contributed by atoms with Crippen LogP contribution in [-0.4, -0.2) is 39.6 Å². The van der Waals surface area contributed by atoms with E-state index in [1.807, 2.05) is 0 Å². The van der Waals surface area contributed by atoms with Crippen molar-refractivity contribution in [1.29, 1.82) is 0 Å². The molecule has 0 unspecified atom stereocenters. The van der Waals surface area contributed by atoms with Crippen LogP contribution in [0.4, 0.5) is 14.6 Å². The fourth-order valence-electron chi connectivity index (χ4n) is 4.15. The molecule has 2 aromatic carbocycles. The van der Waals surface area contributed by atoms with Crippen molar-refractivity contribution in [2.45, 2.75) is 25.8 Å². The zero-order valence-electron chi connectivity index (χ0n) is 19.1. The third-order valence-electron chi connectivity index (χ3n) is 5.84. The zero-order valence-corrected chi connectivity index (χ0v) is 19.1. The van der Waals surface area contributed by atoms with Gasteiger partial charge in [-0.1, -0.05) is 6.58 Å². The van der Waals surface area contributed by atoms with Gasteiger partial charge in [-0.3, -0.25) is 9.59 Å². The number of amides is 2. The summed E-state index contributed by atoms with van der Waals surface area (Å²) in [7, 11) is 0. The Kier molecular flexibility index (Phi) is 6.54. The number of hydrogen-bond acceptors (Lipinski definition) is 5. The molecular formula is C25H25F2N5O3. The van der Waals surface area contributed by atoms with E-state index in [0.29, 0.717) is 30.0 Å². The zero-order chi connectivity index (χ0) is 25.3. The average molecular weight is 482 g/mol. The van der Waals surface area contributed by atoms with E-state index in [2.05, 4.69) is 11.7 Å². The van der Waals surface area contributed by atoms with Crippen LogP contribution in [0.2, 0.25) is 0 Å². The molecule has 182 valence electrons. The summed E-state index contributed by atoms with van der Waals surface area (Å²) in [5, 5.41) is 4.59. The number of hydrogen-bond donors (Lipinski definition) is 2. The molecule has 1 atom stereocenters. The van der Waals surface area contributed by atoms with Gasteiger partial charge >= 0.3 is 0 Å². The first-order chi connectivity index (χ1) is 16.7. The van der Waals surface area contributed by atoms with Gasteiger partial charge in [0.2, 0.25) is 5.91 Å². The van der Waals surface area contributed by atoms with Crippen LogP contribution >= 0.6 is 0 Å². The number of halogens is 2. The quantitative estimate of drug-likeness (QED) is 0.516. The van der Waals surface area contributed by atoms with Crippen LogP contribution in [0.25, 0.3) is 11.3 Å². The van der Waals surface area contributed by atoms with E-state index in [0.717, 1.165) is 25.0 Å². The van der Waals surface area contributed by atoms with Crippen molar-refractivity contribution in [2.75, 3.05) is 18.8 Å². The fourth-order valence-corrected chi connectivity index (χ4v) is 4.15. The molecule has 3 aromatic rings. The van der Waals surface area contributed by atoms with Crippen LogP contribution in [0, 0.1) is 11.6 Å². The second kappa shape index (κ2) is 9.57. The summed E-state index contributed by atoms with van der Waals surface area (Å²) in [4.78, 5) is 26.4. The molecule has 0 bridgehead atoms. The number of carbonyl (C=O) groups excluding carboxylic acids is 2. The number of nitrogens with zero attached hydrogens (tertiary/aromatic N) is 3. The van der Waals surface area contributed by atoms with Crippen LogP contribution in [-0.2, 0) is 4.79 Å². The van der Waals surface area contributed by atoms with Crippen LogP contribution in [0.5, 0.6) is 11.5 Å². The molecule has 8 nitrogen and oxygen atoms in total. The van der Waals surface area contributed by atoms with Gasteiger partial charge in [-0.15, -0.1) is 0 Å². The van der Waals surface area contributed by atoms with Gasteiger partial charge in [-0.05, 0) is 56.2 Å². The molecule has 1 aliphatic heterocycles. The Labute approximate surface area is 200 Å². The lowest BCUT2D eigenvalue weighted by molar-refractivity contribution is -0.128. The van der Waals surface area contributed by atoms with Crippen molar-refractivity contribution in [1.82, 2.24) is 14.7 Å². The lowest BCUT2D eigenvalue weighted by atomic mass is 10.0. The molecule has 10 heteroatoms. The topological polar surface area (TPSA) is 116 Å². The Hall–Kier alpha value is -4.21. The standard InChI is InChI=1S/C25H25F2N5O3/c1-14(2)25(34)31-11-3-4-17(13-31)32-23(28)21(24(29)33)22(30-32)15-5-8-18(9-6-15)35-20-10-7-16(26)12-19(20)27/h5-10,12,17H,1,3-4,11,13,28H2,2H3,(H2,29,33)/t17-/m1/s1. The Morgan fingerprint density at radius 1 is 1.17 bits per heavy atom. The minimum absolute atomic E-state index is 0.0756. The SMILES string of the molecule is C=C(C)C(=O)N1CCC[C@@H](n2nc(-c3ccc(Oc4ccc(F)cc4F)cc3)c(C(N)=O)c2N)C1. The highest BCUT2D eigenvalue weighted by molar-refractivity contribution is 6.03. The summed E-state index contributed by atoms with van der Waals surface area (Å²) < 4.78 is 34.0. The van der Waals surface area contributed by atoms with E-state index in [9.17, 15) is 18.4 Å². The van der Waals surface area contributed by atoms with Crippen LogP contribution < -0.4 is 16.2 Å². The summed E-state index contributed by atoms with van der Waals surface area (Å²) in [6, 6.07) is 9.17. The molecule has 0 radical (unpaired) electrons. The molecule has 0 spiro atoms. The van der Waals surface area contributed by atoms with Gasteiger partial charge < -0.3 is 21.1 Å². The van der Waals surface area contributed by atoms with E-state index in [1.54, 1.807) is 40.8 Å². The first-order valence-corrected chi connectivity index (χ1v) is 11.0. The first kappa shape index (κ1) is 23.9. The Morgan fingerprint density at radius 2 is 1.89 bits per heavy atom. The maximum atomic E-state index is 13.9. The number of benzene rings is 2. The largest absolute Gasteiger partial charge is 0.454 e. The van der Waals surface area contributed by atoms with Crippen LogP contribution in [0.3, 0.4) is 0 Å². The van der Waals surface area contributed by atoms with Crippen molar-refractivity contribution in [3.8, 4) is 22.8 Å². The number of nitrogens with two attached hydrogens (primary N) is 2. The molecule has 1 aromatic heterocycles. The van der Waals surface area contributed by atoms with Crippen LogP contribution in [0.1, 0.15) is 36.2 Å². The summed E-state index contributed by atoms with van der Waals surface area (Å²) in [6.07, 6.45) is 1.47. The summed E-state index contributed by atoms with van der Waals surface area (Å²) in [6.45, 7) is 6.37. The number of nitrogen functional groups attached to an aromatic ring is 1. The maximum Gasteiger partial charge on any atom is 0.254 e. The molecular weight excluding hydrogens is 456 g/mol. The van der Waals surface area contributed by atoms with Gasteiger partial charge in [0.1, 0.15) is 28.6 Å². The second-order valence-corrected chi connectivity index (χ2v) is 8.45. The van der Waals surface area contributed by atoms with Crippen molar-refractivity contribution in [2.24, 2.45) is 5.73 Å². The third kappa shape index (κ3) is 4.86. The number of anilines is 1. The third-order valence-corrected chi connectivity index (χ3v) is 5.84. The Bertz CT molecular complexity index is 1300. The highest BCUT2D eigenvalue weighted by atomic mass is 19.1. The molecule has 2 heterocycles. The van der Waals surface area contributed by atoms with Gasteiger partial charge in [-0.25, -0.2) is 13.5 Å². The molecule has 4 N–H and O–H groups in total. The van der Waals surface area contributed by atoms with E-state index in [1.165, 1.54) is 6.07 Å². The van der Waals surface area contributed by atoms with Gasteiger partial charge in [0.25, 0.3) is 5.91 Å². The van der Waals surface area contributed by atoms with Crippen LogP contribution in [0.15, 0.2) is 54.6 Å². The molecule has 0 saturated carbocycles. The normalized spacial score (nSPS) is 15.6. The molecule has 4 rings (SSSR count). The van der Waals surface area contributed by atoms with Crippen molar-refractivity contribution in [3.05, 3.63) is 71.8 Å². The highest BCUT2D eigenvalue weighted by Gasteiger charge is 2.30. The van der Waals surface area contributed by atoms with Crippen molar-refractivity contribution < 1.29 is 23.1 Å². The summed E-state index contributed by atoms with van der Waals surface area (Å²) >= 11 is 0. The molecule has 1 saturated heterocycles. The number of aromatic nitrogens is 2. The molecule has 1 fully saturated rings. The van der Waals surface area contributed by atoms with Crippen molar-refractivity contribution >= 4 is 17.6 Å². The molecule has 2 amide bonds. The lowest BCUT2D eigenvalue weighted by Crippen LogP contribution is -2.41. The van der Waals surface area contributed by atoms with Gasteiger partial charge in [0.15, 0.2) is 11.6 Å².